The van der Waals surface area contributed by atoms with Gasteiger partial charge in [0.15, 0.2) is 0 Å². The fraction of sp³-hybridized carbons (Fsp3) is 0. The lowest BCUT2D eigenvalue weighted by Gasteiger charge is -2.14. The molecule has 0 atom stereocenters. The zero-order valence-electron chi connectivity index (χ0n) is 22.6. The molecule has 0 saturated carbocycles. The molecule has 0 N–H and O–H groups in total. The maximum absolute atomic E-state index is 15.3. The quantitative estimate of drug-likeness (QED) is 0.195. The second-order valence-electron chi connectivity index (χ2n) is 10.8. The summed E-state index contributed by atoms with van der Waals surface area (Å²) in [5.74, 6) is -0.719. The molecule has 0 aliphatic carbocycles. The largest absolute Gasteiger partial charge is 0.207 e. The Bertz CT molecular complexity index is 2160. The zero-order valence-corrected chi connectivity index (χ0v) is 22.6. The van der Waals surface area contributed by atoms with E-state index in [0.29, 0.717) is 11.1 Å². The van der Waals surface area contributed by atoms with E-state index in [1.165, 1.54) is 12.1 Å². The average molecular weight is 543 g/mol. The van der Waals surface area contributed by atoms with E-state index in [1.807, 2.05) is 60.7 Å². The topological polar surface area (TPSA) is 0 Å². The molecule has 2 heteroatoms. The van der Waals surface area contributed by atoms with Crippen LogP contribution in [0.5, 0.6) is 0 Å². The van der Waals surface area contributed by atoms with Crippen LogP contribution in [0.1, 0.15) is 0 Å². The van der Waals surface area contributed by atoms with E-state index in [2.05, 4.69) is 60.7 Å². The highest BCUT2D eigenvalue weighted by atomic mass is 19.1. The van der Waals surface area contributed by atoms with Gasteiger partial charge in [0.1, 0.15) is 11.6 Å². The minimum atomic E-state index is -0.360. The van der Waals surface area contributed by atoms with E-state index >= 15 is 8.78 Å². The van der Waals surface area contributed by atoms with Crippen LogP contribution < -0.4 is 0 Å². The van der Waals surface area contributed by atoms with E-state index in [1.54, 1.807) is 12.1 Å². The summed E-state index contributed by atoms with van der Waals surface area (Å²) < 4.78 is 30.7. The second kappa shape index (κ2) is 9.64. The Morgan fingerprint density at radius 3 is 1.05 bits per heavy atom. The maximum Gasteiger partial charge on any atom is 0.124 e. The van der Waals surface area contributed by atoms with Crippen LogP contribution >= 0.6 is 0 Å². The molecule has 42 heavy (non-hydrogen) atoms. The number of fused-ring (bicyclic) bond motifs is 6. The van der Waals surface area contributed by atoms with E-state index in [9.17, 15) is 0 Å². The van der Waals surface area contributed by atoms with E-state index < -0.39 is 0 Å². The third-order valence-corrected chi connectivity index (χ3v) is 8.29. The van der Waals surface area contributed by atoms with Gasteiger partial charge in [0.05, 0.1) is 0 Å². The van der Waals surface area contributed by atoms with Crippen molar-refractivity contribution in [1.29, 1.82) is 0 Å². The molecule has 0 nitrogen and oxygen atoms in total. The molecule has 8 aromatic rings. The van der Waals surface area contributed by atoms with Gasteiger partial charge in [0.2, 0.25) is 0 Å². The van der Waals surface area contributed by atoms with Crippen molar-refractivity contribution in [2.45, 2.75) is 0 Å². The van der Waals surface area contributed by atoms with Gasteiger partial charge in [-0.3, -0.25) is 0 Å². The highest BCUT2D eigenvalue weighted by molar-refractivity contribution is 6.15. The first kappa shape index (κ1) is 24.5. The van der Waals surface area contributed by atoms with Gasteiger partial charge in [-0.2, -0.15) is 0 Å². The summed E-state index contributed by atoms with van der Waals surface area (Å²) in [6, 6.07) is 47.2. The molecule has 0 aromatic heterocycles. The van der Waals surface area contributed by atoms with Crippen LogP contribution in [0.3, 0.4) is 0 Å². The van der Waals surface area contributed by atoms with Gasteiger partial charge in [-0.15, -0.1) is 0 Å². The van der Waals surface area contributed by atoms with Crippen molar-refractivity contribution in [2.75, 3.05) is 0 Å². The number of hydrogen-bond acceptors (Lipinski definition) is 0. The number of hydrogen-bond donors (Lipinski definition) is 0. The predicted octanol–water partition coefficient (Wildman–Crippen LogP) is 11.6. The van der Waals surface area contributed by atoms with Gasteiger partial charge in [0.25, 0.3) is 0 Å². The monoisotopic (exact) mass is 542 g/mol. The van der Waals surface area contributed by atoms with E-state index in [0.717, 1.165) is 65.3 Å². The van der Waals surface area contributed by atoms with Gasteiger partial charge < -0.3 is 0 Å². The van der Waals surface area contributed by atoms with Crippen molar-refractivity contribution in [1.82, 2.24) is 0 Å². The number of benzene rings is 8. The van der Waals surface area contributed by atoms with Gasteiger partial charge >= 0.3 is 0 Å². The zero-order chi connectivity index (χ0) is 28.2. The Balaban J connectivity index is 1.33. The lowest BCUT2D eigenvalue weighted by Crippen LogP contribution is -1.90. The van der Waals surface area contributed by atoms with Crippen LogP contribution in [0.25, 0.3) is 76.5 Å². The van der Waals surface area contributed by atoms with E-state index in [4.69, 9.17) is 0 Å². The van der Waals surface area contributed by atoms with Crippen molar-refractivity contribution >= 4 is 43.1 Å². The standard InChI is InChI=1S/C40H24F2/c41-31-19-27(17-29(21-31)39-23-25-9-1-3-11-33(25)35-13-5-7-15-37(35)39)28-18-30(22-32(42)20-28)40-24-26-10-2-4-12-34(26)36-14-6-8-16-38(36)40/h1-24H. The van der Waals surface area contributed by atoms with Crippen LogP contribution in [0.4, 0.5) is 8.78 Å². The Hall–Kier alpha value is -5.34. The minimum Gasteiger partial charge on any atom is -0.207 e. The summed E-state index contributed by atoms with van der Waals surface area (Å²) in [5.41, 5.74) is 4.67. The minimum absolute atomic E-state index is 0.360. The molecule has 8 rings (SSSR count). The summed E-state index contributed by atoms with van der Waals surface area (Å²) in [6.07, 6.45) is 0. The van der Waals surface area contributed by atoms with Crippen LogP contribution in [0.15, 0.2) is 146 Å². The first-order valence-corrected chi connectivity index (χ1v) is 14.1. The fourth-order valence-electron chi connectivity index (χ4n) is 6.41. The molecule has 198 valence electrons. The normalized spacial score (nSPS) is 11.6. The SMILES string of the molecule is Fc1cc(-c2cc(F)cc(-c3cc4ccccc4c4ccccc34)c2)cc(-c2cc3ccccc3c3ccccc23)c1. The molecule has 8 aromatic carbocycles. The number of halogens is 2. The van der Waals surface area contributed by atoms with Crippen molar-refractivity contribution in [2.24, 2.45) is 0 Å². The molecular formula is C40H24F2. The van der Waals surface area contributed by atoms with Crippen LogP contribution in [0.2, 0.25) is 0 Å². The Kier molecular flexibility index (Phi) is 5.61. The molecule has 0 aliphatic rings. The lowest BCUT2D eigenvalue weighted by atomic mass is 9.90. The first-order chi connectivity index (χ1) is 20.6. The Morgan fingerprint density at radius 1 is 0.286 bits per heavy atom. The van der Waals surface area contributed by atoms with Gasteiger partial charge in [-0.25, -0.2) is 8.78 Å². The Labute approximate surface area is 242 Å². The third kappa shape index (κ3) is 4.03. The summed E-state index contributed by atoms with van der Waals surface area (Å²) in [6.45, 7) is 0. The van der Waals surface area contributed by atoms with E-state index in [-0.39, 0.29) is 11.6 Å². The van der Waals surface area contributed by atoms with Gasteiger partial charge in [0, 0.05) is 0 Å². The molecule has 0 unspecified atom stereocenters. The highest BCUT2D eigenvalue weighted by Crippen LogP contribution is 2.39. The first-order valence-electron chi connectivity index (χ1n) is 14.1. The van der Waals surface area contributed by atoms with Crippen molar-refractivity contribution in [3.05, 3.63) is 157 Å². The summed E-state index contributed by atoms with van der Waals surface area (Å²) in [5, 5.41) is 8.84. The highest BCUT2D eigenvalue weighted by Gasteiger charge is 2.14. The number of rotatable bonds is 3. The molecule has 0 bridgehead atoms. The van der Waals surface area contributed by atoms with Gasteiger partial charge in [-0.1, -0.05) is 97.1 Å². The van der Waals surface area contributed by atoms with Crippen LogP contribution in [0, 0.1) is 11.6 Å². The van der Waals surface area contributed by atoms with Crippen molar-refractivity contribution < 1.29 is 8.78 Å². The van der Waals surface area contributed by atoms with Gasteiger partial charge in [-0.05, 0) is 125 Å². The van der Waals surface area contributed by atoms with Crippen molar-refractivity contribution in [3.8, 4) is 33.4 Å². The van der Waals surface area contributed by atoms with Crippen LogP contribution in [-0.4, -0.2) is 0 Å². The average Bonchev–Trinajstić information content (AvgIpc) is 3.03. The molecule has 0 radical (unpaired) electrons. The second-order valence-corrected chi connectivity index (χ2v) is 10.8. The predicted molar refractivity (Wildman–Crippen MR) is 173 cm³/mol. The summed E-state index contributed by atoms with van der Waals surface area (Å²) in [7, 11) is 0. The molecule has 0 spiro atoms. The lowest BCUT2D eigenvalue weighted by molar-refractivity contribution is 0.626. The molecule has 0 amide bonds. The Morgan fingerprint density at radius 2 is 0.619 bits per heavy atom. The third-order valence-electron chi connectivity index (χ3n) is 8.29. The summed E-state index contributed by atoms with van der Waals surface area (Å²) in [4.78, 5) is 0. The molecule has 0 aliphatic heterocycles. The van der Waals surface area contributed by atoms with Crippen LogP contribution in [-0.2, 0) is 0 Å². The molecule has 0 saturated heterocycles. The molecule has 0 fully saturated rings. The fourth-order valence-corrected chi connectivity index (χ4v) is 6.41. The molecular weight excluding hydrogens is 518 g/mol. The maximum atomic E-state index is 15.3. The smallest absolute Gasteiger partial charge is 0.124 e. The summed E-state index contributed by atoms with van der Waals surface area (Å²) >= 11 is 0. The van der Waals surface area contributed by atoms with Crippen molar-refractivity contribution in [3.63, 3.8) is 0 Å². The molecule has 0 heterocycles.